The Balaban J connectivity index is 1.24. The molecule has 1 nitrogen and oxygen atoms in total. The number of fused-ring (bicyclic) bond motifs is 6. The summed E-state index contributed by atoms with van der Waals surface area (Å²) in [5, 5.41) is 0. The maximum Gasteiger partial charge on any atom is 0.0540 e. The van der Waals surface area contributed by atoms with E-state index in [0.717, 1.165) is 11.4 Å². The van der Waals surface area contributed by atoms with Crippen LogP contribution in [-0.2, 0) is 10.8 Å². The minimum atomic E-state index is -0.169. The Hall–Kier alpha value is -5.66. The molecule has 0 amide bonds. The average molecular weight is 658 g/mol. The molecule has 0 N–H and O–H groups in total. The summed E-state index contributed by atoms with van der Waals surface area (Å²) in [5.41, 5.74) is 22.1. The highest BCUT2D eigenvalue weighted by Crippen LogP contribution is 2.58. The standard InChI is InChI=1S/C50H43N/c1-32-16-15-22-42-47(32)40-30-44-41(31-43(40)49(42,3)4)48-33(2)28-38(29-45(48)50(44,5)6)51(37-26-24-35(25-27-37)34-17-9-7-10-18-34)46-23-14-13-21-39(46)36-19-11-8-12-20-36/h7-31H,1-6H3. The molecule has 9 rings (SSSR count). The molecule has 0 fully saturated rings. The number of hydrogen-bond acceptors (Lipinski definition) is 1. The van der Waals surface area contributed by atoms with Crippen molar-refractivity contribution < 1.29 is 0 Å². The minimum absolute atomic E-state index is 0.0453. The van der Waals surface area contributed by atoms with Crippen molar-refractivity contribution in [2.75, 3.05) is 4.90 Å². The lowest BCUT2D eigenvalue weighted by molar-refractivity contribution is 0.652. The Morgan fingerprint density at radius 2 is 0.922 bits per heavy atom. The Bertz CT molecular complexity index is 2470. The van der Waals surface area contributed by atoms with Crippen LogP contribution in [0, 0.1) is 13.8 Å². The number of anilines is 3. The second kappa shape index (κ2) is 11.4. The van der Waals surface area contributed by atoms with E-state index in [0.29, 0.717) is 0 Å². The molecule has 0 spiro atoms. The van der Waals surface area contributed by atoms with Crippen molar-refractivity contribution in [2.45, 2.75) is 52.4 Å². The fourth-order valence-corrected chi connectivity index (χ4v) is 9.02. The zero-order valence-electron chi connectivity index (χ0n) is 30.4. The summed E-state index contributed by atoms with van der Waals surface area (Å²) < 4.78 is 0. The first kappa shape index (κ1) is 31.3. The first-order valence-electron chi connectivity index (χ1n) is 18.2. The van der Waals surface area contributed by atoms with Crippen molar-refractivity contribution in [3.8, 4) is 44.5 Å². The van der Waals surface area contributed by atoms with E-state index in [4.69, 9.17) is 0 Å². The average Bonchev–Trinajstić information content (AvgIpc) is 3.52. The van der Waals surface area contributed by atoms with Gasteiger partial charge in [-0.05, 0) is 129 Å². The van der Waals surface area contributed by atoms with Crippen molar-refractivity contribution in [2.24, 2.45) is 0 Å². The molecule has 0 unspecified atom stereocenters. The van der Waals surface area contributed by atoms with Crippen LogP contribution in [0.5, 0.6) is 0 Å². The van der Waals surface area contributed by atoms with Crippen molar-refractivity contribution in [3.05, 3.63) is 185 Å². The zero-order chi connectivity index (χ0) is 35.1. The lowest BCUT2D eigenvalue weighted by Crippen LogP contribution is -2.18. The molecule has 51 heavy (non-hydrogen) atoms. The number of para-hydroxylation sites is 1. The fourth-order valence-electron chi connectivity index (χ4n) is 9.02. The largest absolute Gasteiger partial charge is 0.310 e. The molecule has 1 heteroatoms. The molecule has 0 bridgehead atoms. The quantitative estimate of drug-likeness (QED) is 0.178. The fraction of sp³-hybridized carbons (Fsp3) is 0.160. The Morgan fingerprint density at radius 1 is 0.373 bits per heavy atom. The van der Waals surface area contributed by atoms with Gasteiger partial charge in [-0.2, -0.15) is 0 Å². The van der Waals surface area contributed by atoms with Gasteiger partial charge in [-0.1, -0.05) is 137 Å². The van der Waals surface area contributed by atoms with Crippen LogP contribution in [0.1, 0.15) is 61.1 Å². The van der Waals surface area contributed by atoms with Crippen LogP contribution in [0.3, 0.4) is 0 Å². The van der Waals surface area contributed by atoms with E-state index < -0.39 is 0 Å². The van der Waals surface area contributed by atoms with Gasteiger partial charge < -0.3 is 4.90 Å². The molecule has 0 aromatic heterocycles. The van der Waals surface area contributed by atoms with Gasteiger partial charge in [0.15, 0.2) is 0 Å². The highest BCUT2D eigenvalue weighted by atomic mass is 15.1. The molecular formula is C50H43N. The van der Waals surface area contributed by atoms with Gasteiger partial charge in [0, 0.05) is 27.8 Å². The van der Waals surface area contributed by atoms with Gasteiger partial charge in [-0.15, -0.1) is 0 Å². The van der Waals surface area contributed by atoms with Gasteiger partial charge >= 0.3 is 0 Å². The van der Waals surface area contributed by atoms with Gasteiger partial charge in [0.2, 0.25) is 0 Å². The van der Waals surface area contributed by atoms with Crippen LogP contribution in [0.15, 0.2) is 152 Å². The summed E-state index contributed by atoms with van der Waals surface area (Å²) in [6.07, 6.45) is 0. The molecule has 0 atom stereocenters. The lowest BCUT2D eigenvalue weighted by atomic mass is 9.79. The second-order valence-electron chi connectivity index (χ2n) is 15.5. The van der Waals surface area contributed by atoms with Crippen LogP contribution in [0.2, 0.25) is 0 Å². The maximum absolute atomic E-state index is 2.54. The van der Waals surface area contributed by atoms with E-state index in [-0.39, 0.29) is 10.8 Å². The molecule has 7 aromatic carbocycles. The van der Waals surface area contributed by atoms with Crippen molar-refractivity contribution in [1.82, 2.24) is 0 Å². The monoisotopic (exact) mass is 657 g/mol. The molecule has 248 valence electrons. The molecule has 0 heterocycles. The number of nitrogens with zero attached hydrogens (tertiary/aromatic N) is 1. The maximum atomic E-state index is 2.54. The van der Waals surface area contributed by atoms with Crippen LogP contribution >= 0.6 is 0 Å². The molecule has 2 aliphatic carbocycles. The van der Waals surface area contributed by atoms with Gasteiger partial charge in [0.25, 0.3) is 0 Å². The van der Waals surface area contributed by atoms with Crippen molar-refractivity contribution >= 4 is 17.1 Å². The molecular weight excluding hydrogens is 615 g/mol. The van der Waals surface area contributed by atoms with E-state index in [1.807, 2.05) is 0 Å². The summed E-state index contributed by atoms with van der Waals surface area (Å²) in [4.78, 5) is 2.46. The topological polar surface area (TPSA) is 3.24 Å². The minimum Gasteiger partial charge on any atom is -0.310 e. The number of hydrogen-bond donors (Lipinski definition) is 0. The molecule has 0 aliphatic heterocycles. The van der Waals surface area contributed by atoms with Gasteiger partial charge in [-0.3, -0.25) is 0 Å². The van der Waals surface area contributed by atoms with Crippen molar-refractivity contribution in [3.63, 3.8) is 0 Å². The molecule has 2 aliphatic rings. The van der Waals surface area contributed by atoms with Crippen LogP contribution < -0.4 is 4.90 Å². The van der Waals surface area contributed by atoms with Crippen LogP contribution in [0.25, 0.3) is 44.5 Å². The molecule has 0 saturated heterocycles. The summed E-state index contributed by atoms with van der Waals surface area (Å²) >= 11 is 0. The summed E-state index contributed by atoms with van der Waals surface area (Å²) in [7, 11) is 0. The zero-order valence-corrected chi connectivity index (χ0v) is 30.4. The van der Waals surface area contributed by atoms with Gasteiger partial charge in [-0.25, -0.2) is 0 Å². The van der Waals surface area contributed by atoms with E-state index >= 15 is 0 Å². The van der Waals surface area contributed by atoms with Crippen LogP contribution in [-0.4, -0.2) is 0 Å². The Morgan fingerprint density at radius 3 is 1.59 bits per heavy atom. The highest BCUT2D eigenvalue weighted by molar-refractivity contribution is 5.94. The van der Waals surface area contributed by atoms with Gasteiger partial charge in [0.1, 0.15) is 0 Å². The third-order valence-electron chi connectivity index (χ3n) is 11.7. The third-order valence-corrected chi connectivity index (χ3v) is 11.7. The Kier molecular flexibility index (Phi) is 7.03. The lowest BCUT2D eigenvalue weighted by Gasteiger charge is -2.30. The molecule has 0 saturated carbocycles. The van der Waals surface area contributed by atoms with Crippen LogP contribution in [0.4, 0.5) is 17.1 Å². The number of rotatable bonds is 5. The first-order chi connectivity index (χ1) is 24.6. The number of benzene rings is 7. The van der Waals surface area contributed by atoms with E-state index in [1.54, 1.807) is 0 Å². The molecule has 7 aromatic rings. The Labute approximate surface area is 302 Å². The summed E-state index contributed by atoms with van der Waals surface area (Å²) in [6.45, 7) is 14.2. The summed E-state index contributed by atoms with van der Waals surface area (Å²) in [5.74, 6) is 0. The molecule has 0 radical (unpaired) electrons. The predicted molar refractivity (Wildman–Crippen MR) is 217 cm³/mol. The smallest absolute Gasteiger partial charge is 0.0540 e. The van der Waals surface area contributed by atoms with E-state index in [1.165, 1.54) is 83.6 Å². The van der Waals surface area contributed by atoms with E-state index in [9.17, 15) is 0 Å². The number of aryl methyl sites for hydroxylation is 2. The first-order valence-corrected chi connectivity index (χ1v) is 18.2. The third kappa shape index (κ3) is 4.75. The van der Waals surface area contributed by atoms with E-state index in [2.05, 4.69) is 198 Å². The normalized spacial score (nSPS) is 14.4. The van der Waals surface area contributed by atoms with Crippen molar-refractivity contribution in [1.29, 1.82) is 0 Å². The highest BCUT2D eigenvalue weighted by Gasteiger charge is 2.43. The summed E-state index contributed by atoms with van der Waals surface area (Å²) in [6, 6.07) is 56.1. The SMILES string of the molecule is Cc1cccc2c1-c1cc3c(cc1C2(C)C)-c1c(C)cc(N(c2ccc(-c4ccccc4)cc2)c2ccccc2-c2ccccc2)cc1C3(C)C. The second-order valence-corrected chi connectivity index (χ2v) is 15.5. The predicted octanol–water partition coefficient (Wildman–Crippen LogP) is 13.7. The van der Waals surface area contributed by atoms with Gasteiger partial charge in [0.05, 0.1) is 5.69 Å².